The molecule has 0 aliphatic carbocycles. The van der Waals surface area contributed by atoms with Crippen LogP contribution in [0.5, 0.6) is 0 Å². The molecule has 0 atom stereocenters. The van der Waals surface area contributed by atoms with Crippen molar-refractivity contribution < 1.29 is 9.18 Å². The molecule has 1 aromatic carbocycles. The SMILES string of the molecule is Cc1cc(C)n2nc(C(=O)N(C)Cc3c(F)cccc3Cl)nc2n1. The number of benzene rings is 1. The predicted octanol–water partition coefficient (Wildman–Crippen LogP) is 2.81. The van der Waals surface area contributed by atoms with Gasteiger partial charge in [-0.3, -0.25) is 4.79 Å². The highest BCUT2D eigenvalue weighted by Crippen LogP contribution is 2.20. The van der Waals surface area contributed by atoms with E-state index in [1.807, 2.05) is 19.9 Å². The van der Waals surface area contributed by atoms with Crippen molar-refractivity contribution in [2.24, 2.45) is 0 Å². The number of halogens is 2. The van der Waals surface area contributed by atoms with Gasteiger partial charge in [-0.15, -0.1) is 5.10 Å². The van der Waals surface area contributed by atoms with Gasteiger partial charge in [0, 0.05) is 29.0 Å². The van der Waals surface area contributed by atoms with Crippen LogP contribution in [-0.2, 0) is 6.54 Å². The summed E-state index contributed by atoms with van der Waals surface area (Å²) in [5, 5.41) is 4.46. The fraction of sp³-hybridized carbons (Fsp3) is 0.250. The standard InChI is InChI=1S/C16H15ClFN5O/c1-9-7-10(2)23-16(19-9)20-14(21-23)15(24)22(3)8-11-12(17)5-4-6-13(11)18/h4-7H,8H2,1-3H3. The Hall–Kier alpha value is -2.54. The molecule has 1 amide bonds. The van der Waals surface area contributed by atoms with Crippen molar-refractivity contribution >= 4 is 23.3 Å². The average molecular weight is 348 g/mol. The van der Waals surface area contributed by atoms with Gasteiger partial charge in [0.2, 0.25) is 5.82 Å². The number of amides is 1. The van der Waals surface area contributed by atoms with Crippen LogP contribution in [0.2, 0.25) is 5.02 Å². The lowest BCUT2D eigenvalue weighted by atomic mass is 10.2. The molecule has 0 unspecified atom stereocenters. The monoisotopic (exact) mass is 347 g/mol. The quantitative estimate of drug-likeness (QED) is 0.731. The smallest absolute Gasteiger partial charge is 0.293 e. The molecule has 2 heterocycles. The number of hydrogen-bond donors (Lipinski definition) is 0. The van der Waals surface area contributed by atoms with Crippen LogP contribution in [-0.4, -0.2) is 37.4 Å². The van der Waals surface area contributed by atoms with Crippen LogP contribution < -0.4 is 0 Å². The van der Waals surface area contributed by atoms with Gasteiger partial charge in [-0.25, -0.2) is 13.9 Å². The Labute approximate surface area is 142 Å². The maximum atomic E-state index is 13.9. The second kappa shape index (κ2) is 6.16. The van der Waals surface area contributed by atoms with E-state index < -0.39 is 11.7 Å². The van der Waals surface area contributed by atoms with Gasteiger partial charge >= 0.3 is 0 Å². The van der Waals surface area contributed by atoms with E-state index in [1.54, 1.807) is 13.1 Å². The van der Waals surface area contributed by atoms with E-state index in [-0.39, 0.29) is 23.0 Å². The second-order valence-electron chi connectivity index (χ2n) is 5.55. The topological polar surface area (TPSA) is 63.4 Å². The van der Waals surface area contributed by atoms with Crippen molar-refractivity contribution in [2.75, 3.05) is 7.05 Å². The predicted molar refractivity (Wildman–Crippen MR) is 87.5 cm³/mol. The van der Waals surface area contributed by atoms with Crippen molar-refractivity contribution in [2.45, 2.75) is 20.4 Å². The zero-order chi connectivity index (χ0) is 17.4. The van der Waals surface area contributed by atoms with Crippen LogP contribution in [0.25, 0.3) is 5.78 Å². The number of fused-ring (bicyclic) bond motifs is 1. The Morgan fingerprint density at radius 3 is 2.79 bits per heavy atom. The summed E-state index contributed by atoms with van der Waals surface area (Å²) in [6.45, 7) is 3.72. The summed E-state index contributed by atoms with van der Waals surface area (Å²) in [7, 11) is 1.54. The summed E-state index contributed by atoms with van der Waals surface area (Å²) in [5.41, 5.74) is 1.87. The number of aryl methyl sites for hydroxylation is 2. The average Bonchev–Trinajstić information content (AvgIpc) is 2.94. The van der Waals surface area contributed by atoms with Crippen molar-refractivity contribution in [3.8, 4) is 0 Å². The molecule has 8 heteroatoms. The minimum absolute atomic E-state index is 0.00571. The van der Waals surface area contributed by atoms with Crippen molar-refractivity contribution in [1.82, 2.24) is 24.5 Å². The van der Waals surface area contributed by atoms with Crippen LogP contribution in [0.15, 0.2) is 24.3 Å². The van der Waals surface area contributed by atoms with E-state index in [1.165, 1.54) is 21.5 Å². The minimum Gasteiger partial charge on any atom is -0.334 e. The lowest BCUT2D eigenvalue weighted by molar-refractivity contribution is 0.0772. The van der Waals surface area contributed by atoms with E-state index in [4.69, 9.17) is 11.6 Å². The van der Waals surface area contributed by atoms with E-state index in [0.29, 0.717) is 5.78 Å². The number of carbonyl (C=O) groups is 1. The van der Waals surface area contributed by atoms with E-state index in [0.717, 1.165) is 11.4 Å². The summed E-state index contributed by atoms with van der Waals surface area (Å²) in [6.07, 6.45) is 0. The van der Waals surface area contributed by atoms with Gasteiger partial charge in [-0.2, -0.15) is 4.98 Å². The number of nitrogens with zero attached hydrogens (tertiary/aromatic N) is 5. The molecule has 2 aromatic heterocycles. The third-order valence-corrected chi connectivity index (χ3v) is 3.97. The highest BCUT2D eigenvalue weighted by atomic mass is 35.5. The molecule has 0 fully saturated rings. The molecule has 0 aliphatic rings. The largest absolute Gasteiger partial charge is 0.334 e. The van der Waals surface area contributed by atoms with Crippen molar-refractivity contribution in [3.63, 3.8) is 0 Å². The van der Waals surface area contributed by atoms with Crippen molar-refractivity contribution in [3.05, 3.63) is 57.9 Å². The van der Waals surface area contributed by atoms with E-state index >= 15 is 0 Å². The third kappa shape index (κ3) is 2.94. The number of aromatic nitrogens is 4. The molecule has 0 saturated heterocycles. The highest BCUT2D eigenvalue weighted by molar-refractivity contribution is 6.31. The molecule has 0 radical (unpaired) electrons. The summed E-state index contributed by atoms with van der Waals surface area (Å²) in [6, 6.07) is 6.25. The molecular weight excluding hydrogens is 333 g/mol. The fourth-order valence-corrected chi connectivity index (χ4v) is 2.64. The van der Waals surface area contributed by atoms with Gasteiger partial charge in [-0.05, 0) is 32.0 Å². The Balaban J connectivity index is 1.90. The van der Waals surface area contributed by atoms with Gasteiger partial charge in [0.25, 0.3) is 11.7 Å². The van der Waals surface area contributed by atoms with Gasteiger partial charge < -0.3 is 4.90 Å². The maximum Gasteiger partial charge on any atom is 0.293 e. The molecule has 24 heavy (non-hydrogen) atoms. The summed E-state index contributed by atoms with van der Waals surface area (Å²) >= 11 is 6.00. The Kier molecular flexibility index (Phi) is 4.19. The van der Waals surface area contributed by atoms with E-state index in [2.05, 4.69) is 15.1 Å². The molecule has 0 bridgehead atoms. The van der Waals surface area contributed by atoms with Crippen LogP contribution >= 0.6 is 11.6 Å². The molecule has 0 aliphatic heterocycles. The van der Waals surface area contributed by atoms with Gasteiger partial charge in [0.1, 0.15) is 5.82 Å². The molecule has 3 aromatic rings. The zero-order valence-corrected chi connectivity index (χ0v) is 14.2. The molecular formula is C16H15ClFN5O. The van der Waals surface area contributed by atoms with Crippen LogP contribution in [0.1, 0.15) is 27.6 Å². The van der Waals surface area contributed by atoms with Gasteiger partial charge in [0.15, 0.2) is 0 Å². The molecule has 124 valence electrons. The first-order valence-corrected chi connectivity index (χ1v) is 7.64. The van der Waals surface area contributed by atoms with E-state index in [9.17, 15) is 9.18 Å². The maximum absolute atomic E-state index is 13.9. The van der Waals surface area contributed by atoms with Crippen LogP contribution in [0.4, 0.5) is 4.39 Å². The summed E-state index contributed by atoms with van der Waals surface area (Å²) < 4.78 is 15.4. The number of hydrogen-bond acceptors (Lipinski definition) is 4. The number of rotatable bonds is 3. The second-order valence-corrected chi connectivity index (χ2v) is 5.95. The molecule has 6 nitrogen and oxygen atoms in total. The lowest BCUT2D eigenvalue weighted by Crippen LogP contribution is -2.27. The Morgan fingerprint density at radius 1 is 1.33 bits per heavy atom. The van der Waals surface area contributed by atoms with Crippen LogP contribution in [0.3, 0.4) is 0 Å². The fourth-order valence-electron chi connectivity index (χ4n) is 2.42. The first-order chi connectivity index (χ1) is 11.4. The van der Waals surface area contributed by atoms with Gasteiger partial charge in [0.05, 0.1) is 6.54 Å². The highest BCUT2D eigenvalue weighted by Gasteiger charge is 2.21. The van der Waals surface area contributed by atoms with Gasteiger partial charge in [-0.1, -0.05) is 17.7 Å². The number of carbonyl (C=O) groups excluding carboxylic acids is 1. The first-order valence-electron chi connectivity index (χ1n) is 7.26. The third-order valence-electron chi connectivity index (χ3n) is 3.61. The molecule has 0 N–H and O–H groups in total. The Bertz CT molecular complexity index is 919. The van der Waals surface area contributed by atoms with Crippen LogP contribution in [0, 0.1) is 19.7 Å². The molecule has 0 spiro atoms. The lowest BCUT2D eigenvalue weighted by Gasteiger charge is -2.16. The Morgan fingerprint density at radius 2 is 2.08 bits per heavy atom. The molecule has 3 rings (SSSR count). The first kappa shape index (κ1) is 16.3. The zero-order valence-electron chi connectivity index (χ0n) is 13.4. The minimum atomic E-state index is -0.460. The summed E-state index contributed by atoms with van der Waals surface area (Å²) in [5.74, 6) is -0.533. The van der Waals surface area contributed by atoms with Crippen molar-refractivity contribution in [1.29, 1.82) is 0 Å². The summed E-state index contributed by atoms with van der Waals surface area (Å²) in [4.78, 5) is 22.3. The molecule has 0 saturated carbocycles. The normalized spacial score (nSPS) is 11.0.